The van der Waals surface area contributed by atoms with Crippen LogP contribution in [-0.4, -0.2) is 31.7 Å². The molecular formula is C6H12O6S2. The highest BCUT2D eigenvalue weighted by atomic mass is 32.2. The molecule has 0 aliphatic carbocycles. The maximum Gasteiger partial charge on any atom is 0.287 e. The van der Waals surface area contributed by atoms with Crippen LogP contribution in [0.15, 0.2) is 24.1 Å². The lowest BCUT2D eigenvalue weighted by atomic mass is 10.4. The van der Waals surface area contributed by atoms with Crippen molar-refractivity contribution in [1.29, 1.82) is 0 Å². The molecule has 0 unspecified atom stereocenters. The first-order chi connectivity index (χ1) is 5.98. The molecule has 0 bridgehead atoms. The Morgan fingerprint density at radius 3 is 1.57 bits per heavy atom. The summed E-state index contributed by atoms with van der Waals surface area (Å²) in [5.74, 6) is -0.340. The van der Waals surface area contributed by atoms with Gasteiger partial charge in [0.15, 0.2) is 0 Å². The lowest BCUT2D eigenvalue weighted by molar-refractivity contribution is 0.485. The Hall–Kier alpha value is -0.700. The van der Waals surface area contributed by atoms with E-state index in [-0.39, 0.29) is 5.75 Å². The van der Waals surface area contributed by atoms with E-state index in [1.54, 1.807) is 0 Å². The van der Waals surface area contributed by atoms with Crippen LogP contribution < -0.4 is 0 Å². The molecule has 84 valence electrons. The average Bonchev–Trinajstić information content (AvgIpc) is 1.81. The summed E-state index contributed by atoms with van der Waals surface area (Å²) in [5.41, 5.74) is 0.438. The van der Waals surface area contributed by atoms with Gasteiger partial charge < -0.3 is 0 Å². The molecule has 0 atom stereocenters. The average molecular weight is 244 g/mol. The minimum atomic E-state index is -3.90. The van der Waals surface area contributed by atoms with Crippen molar-refractivity contribution in [2.24, 2.45) is 0 Å². The first kappa shape index (κ1) is 15.8. The molecule has 0 radical (unpaired) electrons. The van der Waals surface area contributed by atoms with Crippen molar-refractivity contribution in [2.75, 3.05) is 5.75 Å². The molecule has 0 fully saturated rings. The highest BCUT2D eigenvalue weighted by molar-refractivity contribution is 7.88. The van der Waals surface area contributed by atoms with Gasteiger partial charge in [-0.1, -0.05) is 18.7 Å². The van der Waals surface area contributed by atoms with Gasteiger partial charge in [0.1, 0.15) is 0 Å². The van der Waals surface area contributed by atoms with E-state index in [1.165, 1.54) is 6.92 Å². The number of rotatable bonds is 3. The van der Waals surface area contributed by atoms with Crippen molar-refractivity contribution in [3.8, 4) is 0 Å². The fraction of sp³-hybridized carbons (Fsp3) is 0.333. The molecule has 0 aliphatic rings. The Morgan fingerprint density at radius 2 is 1.57 bits per heavy atom. The van der Waals surface area contributed by atoms with Crippen LogP contribution in [0.5, 0.6) is 0 Å². The maximum atomic E-state index is 9.94. The Labute approximate surface area is 83.4 Å². The summed E-state index contributed by atoms with van der Waals surface area (Å²) in [7, 11) is -7.72. The van der Waals surface area contributed by atoms with Gasteiger partial charge in [-0.3, -0.25) is 9.11 Å². The molecule has 0 aromatic heterocycles. The first-order valence-electron chi connectivity index (χ1n) is 3.17. The molecule has 6 nitrogen and oxygen atoms in total. The Morgan fingerprint density at radius 1 is 1.29 bits per heavy atom. The Bertz CT molecular complexity index is 376. The lowest BCUT2D eigenvalue weighted by Crippen LogP contribution is -2.03. The zero-order valence-electron chi connectivity index (χ0n) is 7.54. The minimum Gasteiger partial charge on any atom is -0.285 e. The van der Waals surface area contributed by atoms with E-state index in [0.29, 0.717) is 11.0 Å². The SMILES string of the molecule is C=C(C)CS(=O)(=O)O.C=CS(=O)(=O)O. The molecule has 8 heteroatoms. The number of hydrogen-bond donors (Lipinski definition) is 2. The van der Waals surface area contributed by atoms with E-state index in [4.69, 9.17) is 9.11 Å². The van der Waals surface area contributed by atoms with E-state index >= 15 is 0 Å². The van der Waals surface area contributed by atoms with Gasteiger partial charge in [0.05, 0.1) is 11.2 Å². The molecule has 0 spiro atoms. The molecule has 0 saturated carbocycles. The smallest absolute Gasteiger partial charge is 0.285 e. The fourth-order valence-electron chi connectivity index (χ4n) is 0.311. The van der Waals surface area contributed by atoms with Crippen LogP contribution in [0.25, 0.3) is 0 Å². The second-order valence-electron chi connectivity index (χ2n) is 2.36. The van der Waals surface area contributed by atoms with Crippen molar-refractivity contribution >= 4 is 20.2 Å². The van der Waals surface area contributed by atoms with Gasteiger partial charge in [0, 0.05) is 0 Å². The number of hydrogen-bond acceptors (Lipinski definition) is 4. The van der Waals surface area contributed by atoms with E-state index in [2.05, 4.69) is 13.2 Å². The van der Waals surface area contributed by atoms with Gasteiger partial charge in [-0.2, -0.15) is 16.8 Å². The molecule has 0 aromatic carbocycles. The Balaban J connectivity index is 0. The van der Waals surface area contributed by atoms with Crippen molar-refractivity contribution in [1.82, 2.24) is 0 Å². The summed E-state index contributed by atoms with van der Waals surface area (Å²) < 4.78 is 54.5. The molecule has 0 amide bonds. The van der Waals surface area contributed by atoms with Crippen molar-refractivity contribution in [3.63, 3.8) is 0 Å². The monoisotopic (exact) mass is 244 g/mol. The van der Waals surface area contributed by atoms with Crippen molar-refractivity contribution in [3.05, 3.63) is 24.1 Å². The topological polar surface area (TPSA) is 109 Å². The summed E-state index contributed by atoms with van der Waals surface area (Å²) in [6, 6.07) is 0. The van der Waals surface area contributed by atoms with Crippen LogP contribution in [0.1, 0.15) is 6.92 Å². The third kappa shape index (κ3) is 22.5. The summed E-state index contributed by atoms with van der Waals surface area (Å²) in [6.07, 6.45) is 0. The zero-order chi connectivity index (χ0) is 12.0. The van der Waals surface area contributed by atoms with Crippen LogP contribution in [0.3, 0.4) is 0 Å². The molecule has 0 heterocycles. The third-order valence-corrected chi connectivity index (χ3v) is 1.92. The standard InChI is InChI=1S/C4H8O3S.C2H4O3S/c1-4(2)3-8(5,6)7;1-2-6(3,4)5/h1,3H2,2H3,(H,5,6,7);2H,1H2,(H,3,4,5). The molecule has 0 aliphatic heterocycles. The minimum absolute atomic E-state index is 0.340. The highest BCUT2D eigenvalue weighted by Crippen LogP contribution is 1.91. The zero-order valence-corrected chi connectivity index (χ0v) is 9.18. The molecule has 0 aromatic rings. The molecule has 0 saturated heterocycles. The van der Waals surface area contributed by atoms with E-state index in [0.717, 1.165) is 0 Å². The van der Waals surface area contributed by atoms with Gasteiger partial charge in [-0.05, 0) is 6.92 Å². The molecular weight excluding hydrogens is 232 g/mol. The second-order valence-corrected chi connectivity index (χ2v) is 5.18. The third-order valence-electron chi connectivity index (χ3n) is 0.639. The van der Waals surface area contributed by atoms with Gasteiger partial charge in [-0.15, -0.1) is 0 Å². The quantitative estimate of drug-likeness (QED) is 0.551. The molecule has 0 rings (SSSR count). The van der Waals surface area contributed by atoms with Crippen LogP contribution in [0.4, 0.5) is 0 Å². The first-order valence-corrected chi connectivity index (χ1v) is 6.28. The van der Waals surface area contributed by atoms with Gasteiger partial charge in [-0.25, -0.2) is 0 Å². The predicted molar refractivity (Wildman–Crippen MR) is 53.0 cm³/mol. The van der Waals surface area contributed by atoms with E-state index in [1.807, 2.05) is 0 Å². The van der Waals surface area contributed by atoms with Crippen molar-refractivity contribution < 1.29 is 25.9 Å². The second kappa shape index (κ2) is 5.91. The summed E-state index contributed by atoms with van der Waals surface area (Å²) in [4.78, 5) is 0. The largest absolute Gasteiger partial charge is 0.287 e. The lowest BCUT2D eigenvalue weighted by Gasteiger charge is -1.90. The maximum absolute atomic E-state index is 9.94. The van der Waals surface area contributed by atoms with E-state index < -0.39 is 20.2 Å². The summed E-state index contributed by atoms with van der Waals surface area (Å²) in [5, 5.41) is 0.465. The summed E-state index contributed by atoms with van der Waals surface area (Å²) in [6.45, 7) is 7.63. The van der Waals surface area contributed by atoms with Crippen LogP contribution in [0, 0.1) is 0 Å². The predicted octanol–water partition coefficient (Wildman–Crippen LogP) is 0.468. The van der Waals surface area contributed by atoms with Gasteiger partial charge >= 0.3 is 0 Å². The van der Waals surface area contributed by atoms with Crippen LogP contribution in [0.2, 0.25) is 0 Å². The highest BCUT2D eigenvalue weighted by Gasteiger charge is 2.01. The van der Waals surface area contributed by atoms with Crippen molar-refractivity contribution in [2.45, 2.75) is 6.92 Å². The van der Waals surface area contributed by atoms with E-state index in [9.17, 15) is 16.8 Å². The molecule has 2 N–H and O–H groups in total. The van der Waals surface area contributed by atoms with Gasteiger partial charge in [0.25, 0.3) is 20.2 Å². The molecule has 14 heavy (non-hydrogen) atoms. The van der Waals surface area contributed by atoms with Gasteiger partial charge in [0.2, 0.25) is 0 Å². The normalized spacial score (nSPS) is 11.1. The van der Waals surface area contributed by atoms with Crippen LogP contribution in [-0.2, 0) is 20.2 Å². The fourth-order valence-corrected chi connectivity index (χ4v) is 0.934. The Kier molecular flexibility index (Phi) is 6.65. The summed E-state index contributed by atoms with van der Waals surface area (Å²) >= 11 is 0. The van der Waals surface area contributed by atoms with Crippen LogP contribution >= 0.6 is 0 Å².